The van der Waals surface area contributed by atoms with E-state index in [0.717, 1.165) is 25.1 Å². The maximum absolute atomic E-state index is 12.0. The van der Waals surface area contributed by atoms with Gasteiger partial charge >= 0.3 is 0 Å². The van der Waals surface area contributed by atoms with Gasteiger partial charge in [0.2, 0.25) is 5.91 Å². The van der Waals surface area contributed by atoms with Crippen LogP contribution in [0.5, 0.6) is 0 Å². The summed E-state index contributed by atoms with van der Waals surface area (Å²) in [6.07, 6.45) is 2.05. The molecule has 4 N–H and O–H groups in total. The number of nitrogens with two attached hydrogens (primary N) is 1. The largest absolute Gasteiger partial charge is 0.399 e. The fourth-order valence-electron chi connectivity index (χ4n) is 2.65. The van der Waals surface area contributed by atoms with Crippen LogP contribution in [0.3, 0.4) is 0 Å². The van der Waals surface area contributed by atoms with Gasteiger partial charge in [-0.3, -0.25) is 10.1 Å². The highest BCUT2D eigenvalue weighted by molar-refractivity contribution is 5.81. The van der Waals surface area contributed by atoms with Crippen molar-refractivity contribution in [3.8, 4) is 0 Å². The summed E-state index contributed by atoms with van der Waals surface area (Å²) in [6.45, 7) is 6.83. The summed E-state index contributed by atoms with van der Waals surface area (Å²) < 4.78 is 0. The van der Waals surface area contributed by atoms with Gasteiger partial charge in [-0.25, -0.2) is 0 Å². The Kier molecular flexibility index (Phi) is 4.65. The Hall–Kier alpha value is -1.55. The number of carbonyl (C=O) groups excluding carboxylic acids is 1. The fraction of sp³-hybridized carbons (Fsp3) is 0.562. The number of carbonyl (C=O) groups is 1. The maximum atomic E-state index is 12.0. The van der Waals surface area contributed by atoms with E-state index in [1.165, 1.54) is 11.1 Å². The number of fused-ring (bicyclic) bond motifs is 1. The monoisotopic (exact) mass is 275 g/mol. The third-order valence-corrected chi connectivity index (χ3v) is 3.77. The first-order valence-electron chi connectivity index (χ1n) is 7.39. The predicted octanol–water partition coefficient (Wildman–Crippen LogP) is 2.01. The minimum Gasteiger partial charge on any atom is -0.399 e. The number of rotatable bonds is 5. The molecule has 1 amide bonds. The fourth-order valence-corrected chi connectivity index (χ4v) is 2.65. The van der Waals surface area contributed by atoms with Crippen LogP contribution < -0.4 is 16.4 Å². The second kappa shape index (κ2) is 6.27. The first-order valence-corrected chi connectivity index (χ1v) is 7.39. The second-order valence-electron chi connectivity index (χ2n) is 6.08. The van der Waals surface area contributed by atoms with Crippen molar-refractivity contribution in [1.82, 2.24) is 10.6 Å². The number of aryl methyl sites for hydroxylation is 1. The van der Waals surface area contributed by atoms with Crippen LogP contribution in [-0.4, -0.2) is 18.5 Å². The van der Waals surface area contributed by atoms with Gasteiger partial charge in [-0.1, -0.05) is 19.9 Å². The highest BCUT2D eigenvalue weighted by Gasteiger charge is 2.25. The van der Waals surface area contributed by atoms with Crippen LogP contribution in [0.1, 0.15) is 44.4 Å². The lowest BCUT2D eigenvalue weighted by molar-refractivity contribution is -0.123. The lowest BCUT2D eigenvalue weighted by Crippen LogP contribution is -2.44. The van der Waals surface area contributed by atoms with Crippen molar-refractivity contribution in [2.75, 3.05) is 12.3 Å². The molecule has 0 bridgehead atoms. The SMILES string of the molecule is CC(C)CNC(=O)C(C)NC1CCc2cc(N)ccc21. The first kappa shape index (κ1) is 14.9. The molecule has 0 saturated carbocycles. The molecule has 1 aliphatic carbocycles. The Morgan fingerprint density at radius 3 is 2.85 bits per heavy atom. The van der Waals surface area contributed by atoms with Gasteiger partial charge in [0.1, 0.15) is 0 Å². The minimum atomic E-state index is -0.178. The molecule has 1 aliphatic rings. The van der Waals surface area contributed by atoms with E-state index in [1.54, 1.807) is 0 Å². The average Bonchev–Trinajstić information content (AvgIpc) is 2.78. The summed E-state index contributed by atoms with van der Waals surface area (Å²) in [5, 5.41) is 6.39. The molecule has 2 unspecified atom stereocenters. The van der Waals surface area contributed by atoms with Gasteiger partial charge < -0.3 is 11.1 Å². The van der Waals surface area contributed by atoms with E-state index in [0.29, 0.717) is 5.92 Å². The molecule has 1 aromatic carbocycles. The van der Waals surface area contributed by atoms with Crippen LogP contribution in [0.2, 0.25) is 0 Å². The van der Waals surface area contributed by atoms with Crippen molar-refractivity contribution in [3.63, 3.8) is 0 Å². The number of nitrogen functional groups attached to an aromatic ring is 1. The Bertz CT molecular complexity index is 485. The molecule has 0 aliphatic heterocycles. The van der Waals surface area contributed by atoms with E-state index >= 15 is 0 Å². The van der Waals surface area contributed by atoms with E-state index in [4.69, 9.17) is 5.73 Å². The normalized spacial score (nSPS) is 18.9. The number of hydrogen-bond donors (Lipinski definition) is 3. The van der Waals surface area contributed by atoms with Gasteiger partial charge in [-0.15, -0.1) is 0 Å². The molecule has 0 radical (unpaired) electrons. The lowest BCUT2D eigenvalue weighted by atomic mass is 10.1. The third kappa shape index (κ3) is 3.51. The van der Waals surface area contributed by atoms with E-state index in [2.05, 4.69) is 30.5 Å². The van der Waals surface area contributed by atoms with Crippen molar-refractivity contribution in [3.05, 3.63) is 29.3 Å². The van der Waals surface area contributed by atoms with Crippen LogP contribution in [0.25, 0.3) is 0 Å². The number of anilines is 1. The van der Waals surface area contributed by atoms with Crippen LogP contribution in [0, 0.1) is 5.92 Å². The molecule has 0 heterocycles. The molecule has 0 aromatic heterocycles. The molecule has 0 fully saturated rings. The van der Waals surface area contributed by atoms with Crippen LogP contribution in [0.4, 0.5) is 5.69 Å². The summed E-state index contributed by atoms with van der Waals surface area (Å²) in [6, 6.07) is 6.13. The molecule has 0 saturated heterocycles. The van der Waals surface area contributed by atoms with Crippen LogP contribution >= 0.6 is 0 Å². The summed E-state index contributed by atoms with van der Waals surface area (Å²) >= 11 is 0. The van der Waals surface area contributed by atoms with Crippen LogP contribution in [0.15, 0.2) is 18.2 Å². The average molecular weight is 275 g/mol. The molecule has 110 valence electrons. The van der Waals surface area contributed by atoms with Gasteiger partial charge in [0, 0.05) is 18.3 Å². The molecule has 20 heavy (non-hydrogen) atoms. The third-order valence-electron chi connectivity index (χ3n) is 3.77. The van der Waals surface area contributed by atoms with Crippen LogP contribution in [-0.2, 0) is 11.2 Å². The zero-order valence-corrected chi connectivity index (χ0v) is 12.6. The van der Waals surface area contributed by atoms with Crippen molar-refractivity contribution in [2.24, 2.45) is 5.92 Å². The van der Waals surface area contributed by atoms with Gasteiger partial charge in [0.15, 0.2) is 0 Å². The van der Waals surface area contributed by atoms with Gasteiger partial charge in [-0.05, 0) is 48.9 Å². The second-order valence-corrected chi connectivity index (χ2v) is 6.08. The number of nitrogens with one attached hydrogen (secondary N) is 2. The molecule has 2 rings (SSSR count). The van der Waals surface area contributed by atoms with E-state index < -0.39 is 0 Å². The van der Waals surface area contributed by atoms with Gasteiger partial charge in [-0.2, -0.15) is 0 Å². The maximum Gasteiger partial charge on any atom is 0.236 e. The van der Waals surface area contributed by atoms with Crippen molar-refractivity contribution < 1.29 is 4.79 Å². The smallest absolute Gasteiger partial charge is 0.236 e. The van der Waals surface area contributed by atoms with E-state index in [1.807, 2.05) is 19.1 Å². The Morgan fingerprint density at radius 1 is 1.40 bits per heavy atom. The standard InChI is InChI=1S/C16H25N3O/c1-10(2)9-18-16(20)11(3)19-15-7-4-12-8-13(17)5-6-14(12)15/h5-6,8,10-11,15,19H,4,7,9,17H2,1-3H3,(H,18,20). The topological polar surface area (TPSA) is 67.2 Å². The van der Waals surface area contributed by atoms with E-state index in [9.17, 15) is 4.79 Å². The highest BCUT2D eigenvalue weighted by atomic mass is 16.2. The predicted molar refractivity (Wildman–Crippen MR) is 82.4 cm³/mol. The number of amides is 1. The van der Waals surface area contributed by atoms with E-state index in [-0.39, 0.29) is 18.0 Å². The zero-order valence-electron chi connectivity index (χ0n) is 12.6. The Balaban J connectivity index is 1.93. The molecule has 4 nitrogen and oxygen atoms in total. The highest BCUT2D eigenvalue weighted by Crippen LogP contribution is 2.32. The number of benzene rings is 1. The van der Waals surface area contributed by atoms with Crippen molar-refractivity contribution in [1.29, 1.82) is 0 Å². The minimum absolute atomic E-state index is 0.0718. The molecule has 2 atom stereocenters. The first-order chi connectivity index (χ1) is 9.47. The summed E-state index contributed by atoms with van der Waals surface area (Å²) in [5.74, 6) is 0.545. The molecule has 1 aromatic rings. The van der Waals surface area contributed by atoms with Crippen molar-refractivity contribution in [2.45, 2.75) is 45.7 Å². The summed E-state index contributed by atoms with van der Waals surface area (Å²) in [5.41, 5.74) is 9.20. The summed E-state index contributed by atoms with van der Waals surface area (Å²) in [7, 11) is 0. The summed E-state index contributed by atoms with van der Waals surface area (Å²) in [4.78, 5) is 12.0. The van der Waals surface area contributed by atoms with Gasteiger partial charge in [0.25, 0.3) is 0 Å². The number of hydrogen-bond acceptors (Lipinski definition) is 3. The zero-order chi connectivity index (χ0) is 14.7. The Labute approximate surface area is 121 Å². The van der Waals surface area contributed by atoms with Crippen molar-refractivity contribution >= 4 is 11.6 Å². The molecule has 0 spiro atoms. The lowest BCUT2D eigenvalue weighted by Gasteiger charge is -2.20. The molecule has 4 heteroatoms. The molecular formula is C16H25N3O. The van der Waals surface area contributed by atoms with Gasteiger partial charge in [0.05, 0.1) is 6.04 Å². The molecular weight excluding hydrogens is 250 g/mol. The quantitative estimate of drug-likeness (QED) is 0.720. The Morgan fingerprint density at radius 2 is 2.15 bits per heavy atom.